The summed E-state index contributed by atoms with van der Waals surface area (Å²) in [6, 6.07) is 15.8. The number of amides is 2. The number of aliphatic hydroxyl groups excluding tert-OH is 1. The van der Waals surface area contributed by atoms with Gasteiger partial charge in [-0.25, -0.2) is 9.37 Å². The Bertz CT molecular complexity index is 1730. The molecule has 1 aromatic heterocycles. The van der Waals surface area contributed by atoms with Crippen molar-refractivity contribution in [2.75, 3.05) is 33.3 Å². The number of aromatic nitrogens is 1. The number of hydrogen-bond donors (Lipinski definition) is 2. The molecular weight excluding hydrogens is 623 g/mol. The fraction of sp³-hybridized carbons (Fsp3) is 0.343. The Labute approximate surface area is 279 Å². The van der Waals surface area contributed by atoms with Crippen molar-refractivity contribution in [1.29, 1.82) is 0 Å². The number of oxazole rings is 1. The van der Waals surface area contributed by atoms with E-state index in [1.54, 1.807) is 50.4 Å². The summed E-state index contributed by atoms with van der Waals surface area (Å²) in [4.78, 5) is 33.8. The van der Waals surface area contributed by atoms with Crippen LogP contribution in [0.3, 0.4) is 0 Å². The fourth-order valence-electron chi connectivity index (χ4n) is 5.95. The molecule has 3 aromatic carbocycles. The van der Waals surface area contributed by atoms with Gasteiger partial charge in [-0.1, -0.05) is 6.07 Å². The molecule has 0 saturated heterocycles. The lowest BCUT2D eigenvalue weighted by Gasteiger charge is -2.31. The summed E-state index contributed by atoms with van der Waals surface area (Å²) in [5.74, 6) is 0.669. The summed E-state index contributed by atoms with van der Waals surface area (Å²) in [6.07, 6.45) is 1.87. The van der Waals surface area contributed by atoms with Crippen LogP contribution in [-0.4, -0.2) is 71.1 Å². The van der Waals surface area contributed by atoms with Gasteiger partial charge in [0.1, 0.15) is 12.4 Å². The zero-order chi connectivity index (χ0) is 32.2. The Morgan fingerprint density at radius 1 is 1.00 bits per heavy atom. The van der Waals surface area contributed by atoms with Gasteiger partial charge >= 0.3 is 0 Å². The van der Waals surface area contributed by atoms with E-state index in [9.17, 15) is 19.1 Å². The number of nitrogens with one attached hydrogen (secondary N) is 1. The Balaban J connectivity index is 0.00000433. The highest BCUT2D eigenvalue weighted by atomic mass is 32.1. The maximum absolute atomic E-state index is 14.8. The molecule has 1 atom stereocenters. The number of methoxy groups -OCH3 is 1. The van der Waals surface area contributed by atoms with Crippen molar-refractivity contribution < 1.29 is 33.0 Å². The lowest BCUT2D eigenvalue weighted by Crippen LogP contribution is -2.42. The Hall–Kier alpha value is -4.39. The highest BCUT2D eigenvalue weighted by molar-refractivity contribution is 7.59. The van der Waals surface area contributed by atoms with Gasteiger partial charge in [0.05, 0.1) is 18.9 Å². The standard InChI is InChI=1S/C35H37FN4O6.H2S/c1-22-33(46-21-38-22)20-45-32-15-25-9-11-39(17-28(25)14-31(32)36)19-29(41)16-37-34(42)26-3-4-27-18-40(12-10-24(27)13-26)35(43)23-5-7-30(44-2)8-6-23;/h3-8,13-15,21,29,41H,9-12,16-20H2,1-2H3,(H,37,42);1H2/t29-;/m0./s1. The smallest absolute Gasteiger partial charge is 0.254 e. The van der Waals surface area contributed by atoms with Crippen molar-refractivity contribution in [1.82, 2.24) is 20.1 Å². The summed E-state index contributed by atoms with van der Waals surface area (Å²) < 4.78 is 30.9. The molecule has 12 heteroatoms. The summed E-state index contributed by atoms with van der Waals surface area (Å²) in [6.45, 7) is 4.54. The van der Waals surface area contributed by atoms with E-state index in [0.29, 0.717) is 73.9 Å². The summed E-state index contributed by atoms with van der Waals surface area (Å²) in [5, 5.41) is 13.6. The van der Waals surface area contributed by atoms with Gasteiger partial charge in [0, 0.05) is 50.4 Å². The van der Waals surface area contributed by atoms with E-state index in [1.807, 2.05) is 17.0 Å². The summed E-state index contributed by atoms with van der Waals surface area (Å²) in [5.41, 5.74) is 5.72. The van der Waals surface area contributed by atoms with Gasteiger partial charge in [-0.15, -0.1) is 0 Å². The van der Waals surface area contributed by atoms with E-state index >= 15 is 0 Å². The first-order valence-corrected chi connectivity index (χ1v) is 15.3. The average Bonchev–Trinajstić information content (AvgIpc) is 3.49. The number of β-amino-alcohol motifs (C(OH)–C–C–N with tert-alkyl or cyclic N) is 1. The van der Waals surface area contributed by atoms with Gasteiger partial charge in [0.2, 0.25) is 0 Å². The second kappa shape index (κ2) is 15.0. The highest BCUT2D eigenvalue weighted by Gasteiger charge is 2.24. The molecule has 10 nitrogen and oxygen atoms in total. The van der Waals surface area contributed by atoms with Crippen LogP contribution in [0.2, 0.25) is 0 Å². The van der Waals surface area contributed by atoms with Gasteiger partial charge in [-0.05, 0) is 90.6 Å². The summed E-state index contributed by atoms with van der Waals surface area (Å²) >= 11 is 0. The molecular formula is C35H39FN4O6S. The Morgan fingerprint density at radius 3 is 2.49 bits per heavy atom. The largest absolute Gasteiger partial charge is 0.497 e. The molecule has 248 valence electrons. The van der Waals surface area contributed by atoms with Crippen LogP contribution >= 0.6 is 13.5 Å². The molecule has 3 heterocycles. The zero-order valence-corrected chi connectivity index (χ0v) is 27.4. The van der Waals surface area contributed by atoms with E-state index in [2.05, 4.69) is 15.2 Å². The first-order chi connectivity index (χ1) is 22.3. The fourth-order valence-corrected chi connectivity index (χ4v) is 5.95. The van der Waals surface area contributed by atoms with Crippen LogP contribution in [0, 0.1) is 12.7 Å². The first-order valence-electron chi connectivity index (χ1n) is 15.3. The number of hydrogen-bond acceptors (Lipinski definition) is 8. The number of halogens is 1. The molecule has 2 N–H and O–H groups in total. The van der Waals surface area contributed by atoms with Gasteiger partial charge in [0.25, 0.3) is 11.8 Å². The van der Waals surface area contributed by atoms with Crippen molar-refractivity contribution in [3.05, 3.63) is 112 Å². The summed E-state index contributed by atoms with van der Waals surface area (Å²) in [7, 11) is 1.59. The molecule has 0 spiro atoms. The molecule has 0 bridgehead atoms. The third kappa shape index (κ3) is 7.95. The minimum absolute atomic E-state index is 0. The van der Waals surface area contributed by atoms with Crippen LogP contribution in [0.5, 0.6) is 11.5 Å². The number of fused-ring (bicyclic) bond motifs is 2. The number of aryl methyl sites for hydroxylation is 1. The number of nitrogens with zero attached hydrogens (tertiary/aromatic N) is 3. The highest BCUT2D eigenvalue weighted by Crippen LogP contribution is 2.28. The van der Waals surface area contributed by atoms with E-state index in [-0.39, 0.29) is 44.2 Å². The topological polar surface area (TPSA) is 117 Å². The SMILES string of the molecule is COc1ccc(C(=O)N2CCc3cc(C(=O)NC[C@H](O)CN4CCc5cc(OCc6ocnc6C)c(F)cc5C4)ccc3C2)cc1.S. The maximum atomic E-state index is 14.8. The van der Waals surface area contributed by atoms with E-state index in [1.165, 1.54) is 12.5 Å². The molecule has 0 radical (unpaired) electrons. The molecule has 47 heavy (non-hydrogen) atoms. The number of aliphatic hydroxyl groups is 1. The molecule has 2 aliphatic rings. The van der Waals surface area contributed by atoms with Crippen LogP contribution < -0.4 is 14.8 Å². The van der Waals surface area contributed by atoms with Crippen LogP contribution in [0.15, 0.2) is 65.4 Å². The monoisotopic (exact) mass is 662 g/mol. The second-order valence-corrected chi connectivity index (χ2v) is 11.7. The Kier molecular flexibility index (Phi) is 10.8. The maximum Gasteiger partial charge on any atom is 0.254 e. The van der Waals surface area contributed by atoms with Crippen molar-refractivity contribution in [2.24, 2.45) is 0 Å². The van der Waals surface area contributed by atoms with Gasteiger partial charge in [-0.3, -0.25) is 14.5 Å². The van der Waals surface area contributed by atoms with Crippen molar-refractivity contribution in [3.8, 4) is 11.5 Å². The van der Waals surface area contributed by atoms with E-state index in [4.69, 9.17) is 13.9 Å². The zero-order valence-electron chi connectivity index (χ0n) is 26.4. The van der Waals surface area contributed by atoms with Crippen molar-refractivity contribution in [2.45, 2.75) is 45.6 Å². The minimum Gasteiger partial charge on any atom is -0.497 e. The predicted octanol–water partition coefficient (Wildman–Crippen LogP) is 4.17. The number of carbonyl (C=O) groups is 2. The molecule has 0 saturated carbocycles. The van der Waals surface area contributed by atoms with Gasteiger partial charge < -0.3 is 29.2 Å². The van der Waals surface area contributed by atoms with Crippen LogP contribution in [0.1, 0.15) is 54.4 Å². The third-order valence-electron chi connectivity index (χ3n) is 8.62. The number of ether oxygens (including phenoxy) is 2. The number of benzene rings is 3. The van der Waals surface area contributed by atoms with Gasteiger partial charge in [-0.2, -0.15) is 13.5 Å². The minimum atomic E-state index is -0.793. The van der Waals surface area contributed by atoms with Crippen molar-refractivity contribution >= 4 is 25.3 Å². The van der Waals surface area contributed by atoms with Crippen LogP contribution in [0.4, 0.5) is 4.39 Å². The second-order valence-electron chi connectivity index (χ2n) is 11.7. The number of carbonyl (C=O) groups excluding carboxylic acids is 2. The predicted molar refractivity (Wildman–Crippen MR) is 178 cm³/mol. The molecule has 6 rings (SSSR count). The molecule has 0 fully saturated rings. The van der Waals surface area contributed by atoms with Gasteiger partial charge in [0.15, 0.2) is 23.7 Å². The quantitative estimate of drug-likeness (QED) is 0.260. The van der Waals surface area contributed by atoms with Crippen LogP contribution in [0.25, 0.3) is 0 Å². The normalized spacial score (nSPS) is 14.8. The molecule has 4 aromatic rings. The molecule has 2 aliphatic heterocycles. The molecule has 0 aliphatic carbocycles. The Morgan fingerprint density at radius 2 is 1.74 bits per heavy atom. The third-order valence-corrected chi connectivity index (χ3v) is 8.62. The van der Waals surface area contributed by atoms with E-state index < -0.39 is 11.9 Å². The first kappa shape index (κ1) is 34.0. The van der Waals surface area contributed by atoms with Crippen LogP contribution in [-0.2, 0) is 32.5 Å². The molecule has 0 unspecified atom stereocenters. The van der Waals surface area contributed by atoms with Crippen molar-refractivity contribution in [3.63, 3.8) is 0 Å². The lowest BCUT2D eigenvalue weighted by atomic mass is 9.96. The number of rotatable bonds is 10. The lowest BCUT2D eigenvalue weighted by molar-refractivity contribution is 0.0734. The van der Waals surface area contributed by atoms with E-state index in [0.717, 1.165) is 22.3 Å². The molecule has 2 amide bonds. The average molecular weight is 663 g/mol.